The zero-order chi connectivity index (χ0) is 18.5. The fourth-order valence-electron chi connectivity index (χ4n) is 3.44. The molecule has 1 aromatic rings. The maximum atomic E-state index is 6.00. The van der Waals surface area contributed by atoms with E-state index in [0.717, 1.165) is 18.8 Å². The number of benzene rings is 1. The van der Waals surface area contributed by atoms with Crippen LogP contribution >= 0.6 is 0 Å². The van der Waals surface area contributed by atoms with Gasteiger partial charge in [-0.3, -0.25) is 0 Å². The number of hydrogen-bond acceptors (Lipinski definition) is 2. The third kappa shape index (κ3) is 9.07. The molecule has 0 aliphatic carbocycles. The lowest BCUT2D eigenvalue weighted by Gasteiger charge is -2.13. The summed E-state index contributed by atoms with van der Waals surface area (Å²) in [5.74, 6) is 1.05. The molecule has 1 heterocycles. The second-order valence-electron chi connectivity index (χ2n) is 8.27. The molecule has 26 heavy (non-hydrogen) atoms. The first-order valence-corrected chi connectivity index (χ1v) is 11.1. The highest BCUT2D eigenvalue weighted by Crippen LogP contribution is 2.28. The molecule has 0 N–H and O–H groups in total. The average Bonchev–Trinajstić information content (AvgIpc) is 3.39. The smallest absolute Gasteiger partial charge is 0.123 e. The molecule has 2 rings (SSSR count). The zero-order valence-electron chi connectivity index (χ0n) is 17.2. The van der Waals surface area contributed by atoms with Gasteiger partial charge in [-0.25, -0.2) is 0 Å². The van der Waals surface area contributed by atoms with Crippen LogP contribution in [0.1, 0.15) is 96.5 Å². The van der Waals surface area contributed by atoms with E-state index in [9.17, 15) is 0 Å². The Bertz CT molecular complexity index is 479. The number of hydrogen-bond donors (Lipinski definition) is 0. The minimum absolute atomic E-state index is 0.0386. The molecule has 0 spiro atoms. The van der Waals surface area contributed by atoms with E-state index in [1.807, 2.05) is 0 Å². The normalized spacial score (nSPS) is 18.8. The Morgan fingerprint density at radius 2 is 1.38 bits per heavy atom. The summed E-state index contributed by atoms with van der Waals surface area (Å²) in [5, 5.41) is 0. The van der Waals surface area contributed by atoms with Crippen molar-refractivity contribution in [1.82, 2.24) is 0 Å². The monoisotopic (exact) mass is 360 g/mol. The number of rotatable bonds is 16. The maximum absolute atomic E-state index is 6.00. The number of para-hydroxylation sites is 1. The summed E-state index contributed by atoms with van der Waals surface area (Å²) in [4.78, 5) is 0. The molecule has 1 aliphatic rings. The first-order valence-electron chi connectivity index (χ1n) is 11.1. The molecular formula is C24H40O2. The molecule has 0 amide bonds. The Labute approximate surface area is 161 Å². The van der Waals surface area contributed by atoms with Gasteiger partial charge in [-0.2, -0.15) is 0 Å². The first kappa shape index (κ1) is 21.3. The van der Waals surface area contributed by atoms with Crippen LogP contribution < -0.4 is 4.74 Å². The van der Waals surface area contributed by atoms with Crippen LogP contribution in [0.5, 0.6) is 5.75 Å². The van der Waals surface area contributed by atoms with Crippen LogP contribution in [0.15, 0.2) is 24.3 Å². The van der Waals surface area contributed by atoms with Gasteiger partial charge in [0, 0.05) is 0 Å². The van der Waals surface area contributed by atoms with Crippen LogP contribution in [0.2, 0.25) is 0 Å². The van der Waals surface area contributed by atoms with Gasteiger partial charge in [0.05, 0.1) is 6.61 Å². The lowest BCUT2D eigenvalue weighted by atomic mass is 10.0. The van der Waals surface area contributed by atoms with Crippen LogP contribution in [0.25, 0.3) is 0 Å². The fourth-order valence-corrected chi connectivity index (χ4v) is 3.44. The average molecular weight is 361 g/mol. The van der Waals surface area contributed by atoms with Crippen molar-refractivity contribution in [3.05, 3.63) is 29.8 Å². The molecule has 1 fully saturated rings. The van der Waals surface area contributed by atoms with Crippen LogP contribution in [-0.2, 0) is 11.2 Å². The van der Waals surface area contributed by atoms with E-state index in [4.69, 9.17) is 9.47 Å². The molecule has 2 heteroatoms. The van der Waals surface area contributed by atoms with Gasteiger partial charge >= 0.3 is 0 Å². The molecule has 0 aromatic heterocycles. The van der Waals surface area contributed by atoms with Gasteiger partial charge in [0.25, 0.3) is 0 Å². The summed E-state index contributed by atoms with van der Waals surface area (Å²) in [6.45, 7) is 5.90. The third-order valence-corrected chi connectivity index (χ3v) is 5.44. The molecular weight excluding hydrogens is 320 g/mol. The Hall–Kier alpha value is -1.02. The lowest BCUT2D eigenvalue weighted by molar-refractivity contribution is 0.201. The number of epoxide rings is 1. The van der Waals surface area contributed by atoms with E-state index in [-0.39, 0.29) is 5.60 Å². The molecule has 2 nitrogen and oxygen atoms in total. The highest BCUT2D eigenvalue weighted by atomic mass is 16.6. The molecule has 1 unspecified atom stereocenters. The minimum atomic E-state index is -0.0386. The number of unbranched alkanes of at least 4 members (excludes halogenated alkanes) is 11. The predicted octanol–water partition coefficient (Wildman–Crippen LogP) is 7.10. The van der Waals surface area contributed by atoms with Gasteiger partial charge < -0.3 is 9.47 Å². The molecule has 0 radical (unpaired) electrons. The standard InChI is InChI=1S/C24H40O2/c1-3-4-5-6-7-8-9-10-11-12-13-14-17-22-18-15-16-19-23(22)25-20-24(2)21-26-24/h15-16,18-19H,3-14,17,20-21H2,1-2H3. The Balaban J connectivity index is 1.47. The van der Waals surface area contributed by atoms with Gasteiger partial charge in [-0.1, -0.05) is 95.8 Å². The molecule has 1 atom stereocenters. The van der Waals surface area contributed by atoms with Crippen molar-refractivity contribution in [1.29, 1.82) is 0 Å². The predicted molar refractivity (Wildman–Crippen MR) is 111 cm³/mol. The van der Waals surface area contributed by atoms with Crippen molar-refractivity contribution < 1.29 is 9.47 Å². The summed E-state index contributed by atoms with van der Waals surface area (Å²) in [6, 6.07) is 8.50. The van der Waals surface area contributed by atoms with E-state index < -0.39 is 0 Å². The lowest BCUT2D eigenvalue weighted by Crippen LogP contribution is -2.17. The quantitative estimate of drug-likeness (QED) is 0.232. The maximum Gasteiger partial charge on any atom is 0.123 e. The van der Waals surface area contributed by atoms with Crippen molar-refractivity contribution in [2.75, 3.05) is 13.2 Å². The van der Waals surface area contributed by atoms with Crippen molar-refractivity contribution in [3.8, 4) is 5.75 Å². The Kier molecular flexibility index (Phi) is 10.1. The molecule has 148 valence electrons. The summed E-state index contributed by atoms with van der Waals surface area (Å²) < 4.78 is 11.4. The third-order valence-electron chi connectivity index (χ3n) is 5.44. The molecule has 1 aliphatic heterocycles. The second-order valence-corrected chi connectivity index (χ2v) is 8.27. The van der Waals surface area contributed by atoms with Crippen LogP contribution in [-0.4, -0.2) is 18.8 Å². The summed E-state index contributed by atoms with van der Waals surface area (Å²) in [7, 11) is 0. The topological polar surface area (TPSA) is 21.8 Å². The van der Waals surface area contributed by atoms with Crippen LogP contribution in [0.4, 0.5) is 0 Å². The van der Waals surface area contributed by atoms with Crippen molar-refractivity contribution in [3.63, 3.8) is 0 Å². The summed E-state index contributed by atoms with van der Waals surface area (Å²) in [5.41, 5.74) is 1.31. The van der Waals surface area contributed by atoms with E-state index in [2.05, 4.69) is 38.1 Å². The van der Waals surface area contributed by atoms with E-state index in [1.54, 1.807) is 0 Å². The van der Waals surface area contributed by atoms with Gasteiger partial charge in [-0.05, 0) is 31.4 Å². The highest BCUT2D eigenvalue weighted by Gasteiger charge is 2.40. The summed E-state index contributed by atoms with van der Waals surface area (Å²) in [6.07, 6.45) is 17.9. The Morgan fingerprint density at radius 1 is 0.846 bits per heavy atom. The van der Waals surface area contributed by atoms with Gasteiger partial charge in [0.15, 0.2) is 0 Å². The molecule has 1 aromatic carbocycles. The first-order chi connectivity index (χ1) is 12.7. The number of aryl methyl sites for hydroxylation is 1. The van der Waals surface area contributed by atoms with E-state index in [0.29, 0.717) is 6.61 Å². The van der Waals surface area contributed by atoms with Gasteiger partial charge in [0.2, 0.25) is 0 Å². The van der Waals surface area contributed by atoms with E-state index >= 15 is 0 Å². The van der Waals surface area contributed by atoms with Gasteiger partial charge in [0.1, 0.15) is 18.0 Å². The molecule has 1 saturated heterocycles. The van der Waals surface area contributed by atoms with Crippen molar-refractivity contribution in [2.45, 2.75) is 103 Å². The van der Waals surface area contributed by atoms with Gasteiger partial charge in [-0.15, -0.1) is 0 Å². The van der Waals surface area contributed by atoms with Crippen molar-refractivity contribution in [2.24, 2.45) is 0 Å². The fraction of sp³-hybridized carbons (Fsp3) is 0.750. The SMILES string of the molecule is CCCCCCCCCCCCCCc1ccccc1OCC1(C)CO1. The molecule has 0 saturated carbocycles. The zero-order valence-corrected chi connectivity index (χ0v) is 17.2. The number of ether oxygens (including phenoxy) is 2. The van der Waals surface area contributed by atoms with Crippen LogP contribution in [0, 0.1) is 0 Å². The van der Waals surface area contributed by atoms with Crippen molar-refractivity contribution >= 4 is 0 Å². The largest absolute Gasteiger partial charge is 0.490 e. The highest BCUT2D eigenvalue weighted by molar-refractivity contribution is 5.33. The summed E-state index contributed by atoms with van der Waals surface area (Å²) >= 11 is 0. The van der Waals surface area contributed by atoms with Crippen LogP contribution in [0.3, 0.4) is 0 Å². The second kappa shape index (κ2) is 12.4. The molecule has 0 bridgehead atoms. The van der Waals surface area contributed by atoms with E-state index in [1.165, 1.54) is 82.6 Å². The minimum Gasteiger partial charge on any atom is -0.490 e. The Morgan fingerprint density at radius 3 is 1.96 bits per heavy atom.